The van der Waals surface area contributed by atoms with Crippen LogP contribution in [0.4, 0.5) is 0 Å². The molecule has 3 saturated heterocycles. The summed E-state index contributed by atoms with van der Waals surface area (Å²) in [7, 11) is 0. The molecule has 0 aromatic rings. The minimum atomic E-state index is -1.02. The molecule has 3 aliphatic rings. The molecule has 0 radical (unpaired) electrons. The van der Waals surface area contributed by atoms with Crippen molar-refractivity contribution in [2.24, 2.45) is 16.2 Å². The van der Waals surface area contributed by atoms with Gasteiger partial charge in [-0.1, -0.05) is 52.9 Å². The molecule has 37 heavy (non-hydrogen) atoms. The summed E-state index contributed by atoms with van der Waals surface area (Å²) in [5.41, 5.74) is 0.219. The maximum absolute atomic E-state index is 6.71. The van der Waals surface area contributed by atoms with Gasteiger partial charge in [0.05, 0.1) is 59.5 Å². The Hall–Kier alpha value is -0.280. The van der Waals surface area contributed by atoms with Crippen molar-refractivity contribution in [2.45, 2.75) is 104 Å². The first-order valence-corrected chi connectivity index (χ1v) is 15.2. The summed E-state index contributed by atoms with van der Waals surface area (Å²) in [6.07, 6.45) is 12.2. The van der Waals surface area contributed by atoms with Crippen LogP contribution >= 0.6 is 0 Å². The average molecular weight is 529 g/mol. The molecule has 3 rings (SSSR count). The van der Waals surface area contributed by atoms with Gasteiger partial charge < -0.3 is 33.2 Å². The van der Waals surface area contributed by atoms with Crippen molar-refractivity contribution in [3.63, 3.8) is 0 Å². The zero-order valence-electron chi connectivity index (χ0n) is 24.4. The van der Waals surface area contributed by atoms with Crippen LogP contribution in [0.2, 0.25) is 0 Å². The van der Waals surface area contributed by atoms with Crippen LogP contribution in [-0.2, 0) is 33.2 Å². The topological polar surface area (TPSA) is 64.6 Å². The van der Waals surface area contributed by atoms with Gasteiger partial charge in [-0.15, -0.1) is 0 Å². The van der Waals surface area contributed by atoms with E-state index < -0.39 is 5.97 Å². The molecule has 3 aliphatic heterocycles. The lowest BCUT2D eigenvalue weighted by molar-refractivity contribution is -0.414. The number of rotatable bonds is 23. The monoisotopic (exact) mass is 528 g/mol. The van der Waals surface area contributed by atoms with Crippen molar-refractivity contribution in [3.05, 3.63) is 0 Å². The van der Waals surface area contributed by atoms with Crippen molar-refractivity contribution in [2.75, 3.05) is 72.7 Å². The second-order valence-electron chi connectivity index (χ2n) is 12.0. The van der Waals surface area contributed by atoms with Gasteiger partial charge in [0.2, 0.25) is 0 Å². The largest absolute Gasteiger partial charge is 0.382 e. The lowest BCUT2D eigenvalue weighted by Gasteiger charge is -2.48. The molecule has 3 heterocycles. The van der Waals surface area contributed by atoms with Gasteiger partial charge in [-0.25, -0.2) is 0 Å². The van der Waals surface area contributed by atoms with Crippen molar-refractivity contribution < 1.29 is 33.2 Å². The Labute approximate surface area is 226 Å². The van der Waals surface area contributed by atoms with Gasteiger partial charge in [-0.3, -0.25) is 0 Å². The van der Waals surface area contributed by atoms with E-state index in [1.54, 1.807) is 0 Å². The zero-order valence-corrected chi connectivity index (χ0v) is 24.4. The third-order valence-corrected chi connectivity index (χ3v) is 8.97. The SMILES string of the molecule is CCOCCCCCCCCCC(OCC1(CC)COC1)(OCC1(CC)COC1)OCC1(CC)COC1. The summed E-state index contributed by atoms with van der Waals surface area (Å²) in [5, 5.41) is 0. The van der Waals surface area contributed by atoms with E-state index in [9.17, 15) is 0 Å². The highest BCUT2D eigenvalue weighted by Crippen LogP contribution is 2.40. The molecule has 0 N–H and O–H groups in total. The minimum absolute atomic E-state index is 0.0729. The van der Waals surface area contributed by atoms with Gasteiger partial charge in [-0.2, -0.15) is 0 Å². The number of ether oxygens (including phenoxy) is 7. The predicted molar refractivity (Wildman–Crippen MR) is 145 cm³/mol. The average Bonchev–Trinajstić information content (AvgIpc) is 2.84. The van der Waals surface area contributed by atoms with Crippen molar-refractivity contribution in [3.8, 4) is 0 Å². The second-order valence-corrected chi connectivity index (χ2v) is 12.0. The van der Waals surface area contributed by atoms with E-state index in [0.717, 1.165) is 91.4 Å². The molecule has 0 spiro atoms. The number of hydrogen-bond acceptors (Lipinski definition) is 7. The Balaban J connectivity index is 1.58. The molecular weight excluding hydrogens is 472 g/mol. The highest BCUT2D eigenvalue weighted by atomic mass is 16.9. The van der Waals surface area contributed by atoms with Crippen molar-refractivity contribution >= 4 is 0 Å². The van der Waals surface area contributed by atoms with Gasteiger partial charge in [0.25, 0.3) is 5.97 Å². The molecule has 0 aliphatic carbocycles. The summed E-state index contributed by atoms with van der Waals surface area (Å²) < 4.78 is 42.3. The molecule has 0 atom stereocenters. The van der Waals surface area contributed by atoms with Crippen LogP contribution in [0.1, 0.15) is 98.3 Å². The van der Waals surface area contributed by atoms with Crippen LogP contribution in [-0.4, -0.2) is 78.6 Å². The molecule has 0 unspecified atom stereocenters. The third kappa shape index (κ3) is 9.12. The molecule has 7 nitrogen and oxygen atoms in total. The zero-order chi connectivity index (χ0) is 26.5. The normalized spacial score (nSPS) is 21.7. The van der Waals surface area contributed by atoms with Crippen LogP contribution < -0.4 is 0 Å². The maximum atomic E-state index is 6.71. The Kier molecular flexibility index (Phi) is 13.1. The quantitative estimate of drug-likeness (QED) is 0.117. The van der Waals surface area contributed by atoms with Crippen LogP contribution in [0.25, 0.3) is 0 Å². The highest BCUT2D eigenvalue weighted by molar-refractivity contribution is 4.88. The fourth-order valence-electron chi connectivity index (χ4n) is 5.05. The molecule has 0 saturated carbocycles. The smallest absolute Gasteiger partial charge is 0.282 e. The molecule has 3 fully saturated rings. The molecule has 7 heteroatoms. The molecule has 0 bridgehead atoms. The van der Waals surface area contributed by atoms with Crippen LogP contribution in [0, 0.1) is 16.2 Å². The van der Waals surface area contributed by atoms with E-state index in [-0.39, 0.29) is 16.2 Å². The summed E-state index contributed by atoms with van der Waals surface area (Å²) in [5.74, 6) is -1.02. The van der Waals surface area contributed by atoms with E-state index in [1.165, 1.54) is 32.1 Å². The van der Waals surface area contributed by atoms with Crippen molar-refractivity contribution in [1.29, 1.82) is 0 Å². The van der Waals surface area contributed by atoms with Gasteiger partial charge in [0, 0.05) is 35.9 Å². The first kappa shape index (κ1) is 31.3. The minimum Gasteiger partial charge on any atom is -0.382 e. The van der Waals surface area contributed by atoms with E-state index in [1.807, 2.05) is 0 Å². The lowest BCUT2D eigenvalue weighted by Crippen LogP contribution is -2.55. The Bertz CT molecular complexity index is 532. The summed E-state index contributed by atoms with van der Waals surface area (Å²) in [4.78, 5) is 0. The summed E-state index contributed by atoms with van der Waals surface area (Å²) in [6.45, 7) is 16.8. The molecular formula is C30H56O7. The third-order valence-electron chi connectivity index (χ3n) is 8.97. The first-order chi connectivity index (χ1) is 18.0. The maximum Gasteiger partial charge on any atom is 0.282 e. The Morgan fingerprint density at radius 2 is 0.919 bits per heavy atom. The Morgan fingerprint density at radius 1 is 0.541 bits per heavy atom. The number of hydrogen-bond donors (Lipinski definition) is 0. The molecule has 0 amide bonds. The number of unbranched alkanes of at least 4 members (excludes halogenated alkanes) is 6. The standard InChI is InChI=1S/C30H56O7/c1-5-27(18-32-19-27)24-35-30(36-25-28(6-2)20-33-21-28,37-26-29(7-3)22-34-23-29)16-14-12-10-9-11-13-15-17-31-8-4/h5-26H2,1-4H3. The molecule has 218 valence electrons. The van der Waals surface area contributed by atoms with E-state index in [0.29, 0.717) is 19.8 Å². The van der Waals surface area contributed by atoms with Gasteiger partial charge in [0.1, 0.15) is 0 Å². The van der Waals surface area contributed by atoms with Gasteiger partial charge in [-0.05, 0) is 39.0 Å². The van der Waals surface area contributed by atoms with Crippen molar-refractivity contribution in [1.82, 2.24) is 0 Å². The van der Waals surface area contributed by atoms with Crippen LogP contribution in [0.3, 0.4) is 0 Å². The lowest BCUT2D eigenvalue weighted by atomic mass is 9.84. The van der Waals surface area contributed by atoms with E-state index in [4.69, 9.17) is 33.2 Å². The molecule has 0 aromatic carbocycles. The summed E-state index contributed by atoms with van der Waals surface area (Å²) in [6, 6.07) is 0. The highest BCUT2D eigenvalue weighted by Gasteiger charge is 2.47. The predicted octanol–water partition coefficient (Wildman–Crippen LogP) is 6.13. The van der Waals surface area contributed by atoms with Crippen LogP contribution in [0.5, 0.6) is 0 Å². The van der Waals surface area contributed by atoms with E-state index in [2.05, 4.69) is 27.7 Å². The first-order valence-electron chi connectivity index (χ1n) is 15.2. The van der Waals surface area contributed by atoms with Gasteiger partial charge in [0.15, 0.2) is 0 Å². The Morgan fingerprint density at radius 3 is 1.24 bits per heavy atom. The van der Waals surface area contributed by atoms with Crippen LogP contribution in [0.15, 0.2) is 0 Å². The van der Waals surface area contributed by atoms with Gasteiger partial charge >= 0.3 is 0 Å². The van der Waals surface area contributed by atoms with E-state index >= 15 is 0 Å². The fourth-order valence-corrected chi connectivity index (χ4v) is 5.05. The fraction of sp³-hybridized carbons (Fsp3) is 1.00. The summed E-state index contributed by atoms with van der Waals surface area (Å²) >= 11 is 0. The molecule has 0 aromatic heterocycles. The second kappa shape index (κ2) is 15.5.